The summed E-state index contributed by atoms with van der Waals surface area (Å²) in [6, 6.07) is 11.6. The molecule has 168 valence electrons. The van der Waals surface area contributed by atoms with Gasteiger partial charge in [0.25, 0.3) is 11.7 Å². The summed E-state index contributed by atoms with van der Waals surface area (Å²) < 4.78 is 16.3. The first kappa shape index (κ1) is 21.7. The van der Waals surface area contributed by atoms with E-state index in [1.807, 2.05) is 18.0 Å². The lowest BCUT2D eigenvalue weighted by molar-refractivity contribution is -0.140. The Morgan fingerprint density at radius 1 is 1.19 bits per heavy atom. The zero-order chi connectivity index (χ0) is 22.8. The largest absolute Gasteiger partial charge is 0.507 e. The molecule has 0 saturated carbocycles. The minimum Gasteiger partial charge on any atom is -0.507 e. The van der Waals surface area contributed by atoms with Gasteiger partial charge in [-0.1, -0.05) is 18.2 Å². The predicted molar refractivity (Wildman–Crippen MR) is 119 cm³/mol. The molecule has 1 N–H and O–H groups in total. The van der Waals surface area contributed by atoms with Gasteiger partial charge in [0.05, 0.1) is 37.6 Å². The monoisotopic (exact) mass is 438 g/mol. The fraction of sp³-hybridized carbons (Fsp3) is 0.333. The minimum atomic E-state index is -0.800. The molecule has 0 aliphatic carbocycles. The summed E-state index contributed by atoms with van der Waals surface area (Å²) in [5.41, 5.74) is 1.88. The number of amides is 1. The molecule has 2 aliphatic rings. The van der Waals surface area contributed by atoms with Crippen molar-refractivity contribution in [2.75, 3.05) is 52.5 Å². The van der Waals surface area contributed by atoms with Crippen molar-refractivity contribution in [2.24, 2.45) is 0 Å². The fourth-order valence-electron chi connectivity index (χ4n) is 4.17. The van der Waals surface area contributed by atoms with Gasteiger partial charge in [-0.25, -0.2) is 0 Å². The van der Waals surface area contributed by atoms with Crippen LogP contribution < -0.4 is 14.4 Å². The highest BCUT2D eigenvalue weighted by atomic mass is 16.5. The van der Waals surface area contributed by atoms with Crippen LogP contribution in [-0.2, 0) is 14.3 Å². The predicted octanol–water partition coefficient (Wildman–Crippen LogP) is 2.59. The van der Waals surface area contributed by atoms with Gasteiger partial charge in [0.2, 0.25) is 0 Å². The van der Waals surface area contributed by atoms with Gasteiger partial charge in [0.15, 0.2) is 0 Å². The molecule has 1 saturated heterocycles. The molecule has 2 aromatic carbocycles. The average Bonchev–Trinajstić information content (AvgIpc) is 3.07. The molecule has 0 spiro atoms. The molecular formula is C24H26N2O6. The molecule has 0 bridgehead atoms. The number of carbonyl (C=O) groups excluding carboxylic acids is 2. The first-order chi connectivity index (χ1) is 15.5. The number of anilines is 1. The Morgan fingerprint density at radius 3 is 2.72 bits per heavy atom. The number of ether oxygens (including phenoxy) is 3. The molecule has 8 nitrogen and oxygen atoms in total. The summed E-state index contributed by atoms with van der Waals surface area (Å²) in [4.78, 5) is 29.5. The Bertz CT molecular complexity index is 1080. The number of Topliss-reactive ketones (excluding diaryl/α,β-unsaturated/α-hetero) is 1. The number of nitrogens with zero attached hydrogens (tertiary/aromatic N) is 2. The number of fused-ring (bicyclic) bond motifs is 1. The van der Waals surface area contributed by atoms with Gasteiger partial charge in [-0.3, -0.25) is 9.59 Å². The number of ketones is 1. The van der Waals surface area contributed by atoms with E-state index in [-0.39, 0.29) is 24.5 Å². The Morgan fingerprint density at radius 2 is 1.97 bits per heavy atom. The van der Waals surface area contributed by atoms with E-state index in [2.05, 4.69) is 0 Å². The quantitative estimate of drug-likeness (QED) is 0.421. The van der Waals surface area contributed by atoms with Crippen LogP contribution in [0.1, 0.15) is 17.2 Å². The molecule has 1 fully saturated rings. The van der Waals surface area contributed by atoms with Crippen molar-refractivity contribution in [3.05, 3.63) is 59.2 Å². The van der Waals surface area contributed by atoms with E-state index in [1.54, 1.807) is 36.4 Å². The van der Waals surface area contributed by atoms with Crippen molar-refractivity contribution in [3.63, 3.8) is 0 Å². The number of likely N-dealkylation sites (tertiary alicyclic amines) is 1. The zero-order valence-corrected chi connectivity index (χ0v) is 18.3. The summed E-state index contributed by atoms with van der Waals surface area (Å²) >= 11 is 0. The lowest BCUT2D eigenvalue weighted by Gasteiger charge is -2.28. The fourth-order valence-corrected chi connectivity index (χ4v) is 4.17. The number of aliphatic hydroxyl groups is 1. The van der Waals surface area contributed by atoms with E-state index in [0.29, 0.717) is 35.8 Å². The molecule has 1 unspecified atom stereocenters. The molecule has 0 radical (unpaired) electrons. The number of benzene rings is 2. The summed E-state index contributed by atoms with van der Waals surface area (Å²) in [6.45, 7) is 1.73. The number of likely N-dealkylation sites (N-methyl/N-ethyl adjacent to an activating group) is 1. The number of para-hydroxylation sites is 1. The number of carbonyl (C=O) groups is 2. The number of hydrogen-bond donors (Lipinski definition) is 1. The second kappa shape index (κ2) is 8.92. The molecule has 32 heavy (non-hydrogen) atoms. The second-order valence-electron chi connectivity index (χ2n) is 7.68. The summed E-state index contributed by atoms with van der Waals surface area (Å²) in [5.74, 6) is -0.431. The van der Waals surface area contributed by atoms with Crippen molar-refractivity contribution in [2.45, 2.75) is 6.04 Å². The van der Waals surface area contributed by atoms with Crippen LogP contribution in [0.2, 0.25) is 0 Å². The summed E-state index contributed by atoms with van der Waals surface area (Å²) in [7, 11) is 4.99. The molecule has 0 aromatic heterocycles. The molecule has 2 aromatic rings. The van der Waals surface area contributed by atoms with Gasteiger partial charge in [0, 0.05) is 31.8 Å². The first-order valence-corrected chi connectivity index (χ1v) is 10.4. The van der Waals surface area contributed by atoms with E-state index < -0.39 is 17.7 Å². The maximum absolute atomic E-state index is 13.1. The lowest BCUT2D eigenvalue weighted by atomic mass is 9.94. The summed E-state index contributed by atoms with van der Waals surface area (Å²) in [6.07, 6.45) is 0. The van der Waals surface area contributed by atoms with Crippen LogP contribution in [0, 0.1) is 0 Å². The molecule has 2 heterocycles. The Hall–Kier alpha value is -3.52. The van der Waals surface area contributed by atoms with E-state index >= 15 is 0 Å². The molecule has 8 heteroatoms. The first-order valence-electron chi connectivity index (χ1n) is 10.4. The lowest BCUT2D eigenvalue weighted by Crippen LogP contribution is -2.32. The number of hydrogen-bond acceptors (Lipinski definition) is 7. The van der Waals surface area contributed by atoms with E-state index in [0.717, 1.165) is 5.69 Å². The van der Waals surface area contributed by atoms with Crippen molar-refractivity contribution in [1.82, 2.24) is 4.90 Å². The van der Waals surface area contributed by atoms with Gasteiger partial charge < -0.3 is 29.1 Å². The number of methoxy groups -OCH3 is 2. The van der Waals surface area contributed by atoms with Crippen molar-refractivity contribution >= 4 is 23.1 Å². The molecule has 4 rings (SSSR count). The number of rotatable bonds is 6. The van der Waals surface area contributed by atoms with Gasteiger partial charge in [-0.15, -0.1) is 0 Å². The van der Waals surface area contributed by atoms with Crippen LogP contribution >= 0.6 is 0 Å². The van der Waals surface area contributed by atoms with E-state index in [9.17, 15) is 14.7 Å². The van der Waals surface area contributed by atoms with Crippen molar-refractivity contribution in [3.8, 4) is 11.5 Å². The Balaban J connectivity index is 1.88. The highest BCUT2D eigenvalue weighted by Gasteiger charge is 2.46. The van der Waals surface area contributed by atoms with Gasteiger partial charge in [0.1, 0.15) is 23.9 Å². The van der Waals surface area contributed by atoms with Crippen LogP contribution in [0.4, 0.5) is 5.69 Å². The number of aliphatic hydroxyl groups excluding tert-OH is 1. The normalized spacial score (nSPS) is 19.7. The third kappa shape index (κ3) is 3.67. The summed E-state index contributed by atoms with van der Waals surface area (Å²) in [5, 5.41) is 11.3. The average molecular weight is 438 g/mol. The van der Waals surface area contributed by atoms with Crippen LogP contribution in [0.3, 0.4) is 0 Å². The Labute approximate surface area is 186 Å². The molecule has 2 aliphatic heterocycles. The molecule has 1 atom stereocenters. The highest BCUT2D eigenvalue weighted by Crippen LogP contribution is 2.43. The van der Waals surface area contributed by atoms with E-state index in [4.69, 9.17) is 14.2 Å². The Kier molecular flexibility index (Phi) is 6.05. The maximum Gasteiger partial charge on any atom is 0.295 e. The smallest absolute Gasteiger partial charge is 0.295 e. The third-order valence-corrected chi connectivity index (χ3v) is 5.84. The maximum atomic E-state index is 13.1. The topological polar surface area (TPSA) is 88.5 Å². The van der Waals surface area contributed by atoms with Crippen molar-refractivity contribution < 1.29 is 28.9 Å². The minimum absolute atomic E-state index is 0.0231. The molecular weight excluding hydrogens is 412 g/mol. The van der Waals surface area contributed by atoms with Gasteiger partial charge in [-0.05, 0) is 24.3 Å². The van der Waals surface area contributed by atoms with Gasteiger partial charge >= 0.3 is 0 Å². The molecule has 1 amide bonds. The second-order valence-corrected chi connectivity index (χ2v) is 7.68. The van der Waals surface area contributed by atoms with E-state index in [1.165, 1.54) is 19.1 Å². The van der Waals surface area contributed by atoms with Crippen LogP contribution in [0.25, 0.3) is 5.76 Å². The van der Waals surface area contributed by atoms with Crippen LogP contribution in [0.15, 0.2) is 48.0 Å². The standard InChI is InChI=1S/C24H26N2O6/c1-25-10-13-32-19-9-8-15(14-17(19)25)22(27)20-21(16-6-4-5-7-18(16)31-3)26(11-12-30-2)24(29)23(20)28/h4-9,14,21,27H,10-13H2,1-3H3/b22-20+. The SMILES string of the molecule is COCCN1C(=O)C(=O)/C(=C(/O)c2ccc3c(c2)N(C)CCO3)C1c1ccccc1OC. The zero-order valence-electron chi connectivity index (χ0n) is 18.3. The van der Waals surface area contributed by atoms with Crippen molar-refractivity contribution in [1.29, 1.82) is 0 Å². The van der Waals surface area contributed by atoms with Gasteiger partial charge in [-0.2, -0.15) is 0 Å². The van der Waals surface area contributed by atoms with Crippen LogP contribution in [0.5, 0.6) is 11.5 Å². The highest BCUT2D eigenvalue weighted by molar-refractivity contribution is 6.46. The van der Waals surface area contributed by atoms with Crippen LogP contribution in [-0.4, -0.2) is 69.3 Å². The third-order valence-electron chi connectivity index (χ3n) is 5.84.